The van der Waals surface area contributed by atoms with Gasteiger partial charge in [-0.05, 0) is 25.3 Å². The maximum absolute atomic E-state index is 4.39. The fraction of sp³-hybridized carbons (Fsp3) is 0.200. The first kappa shape index (κ1) is 10.0. The third-order valence-electron chi connectivity index (χ3n) is 1.89. The molecule has 0 aliphatic rings. The number of rotatable bonds is 2. The van der Waals surface area contributed by atoms with Gasteiger partial charge >= 0.3 is 0 Å². The maximum atomic E-state index is 4.39. The van der Waals surface area contributed by atoms with Crippen molar-refractivity contribution in [1.29, 1.82) is 0 Å². The third-order valence-corrected chi connectivity index (χ3v) is 2.45. The minimum Gasteiger partial charge on any atom is -0.231 e. The van der Waals surface area contributed by atoms with Gasteiger partial charge in [-0.1, -0.05) is 11.8 Å². The zero-order valence-electron chi connectivity index (χ0n) is 8.51. The molecule has 0 aromatic carbocycles. The van der Waals surface area contributed by atoms with Gasteiger partial charge < -0.3 is 0 Å². The standard InChI is InChI=1S/C10H10N4S/c1-7-5-8(6-12-14-7)9-3-4-11-10(13-9)15-2/h3-6H,1-2H3. The topological polar surface area (TPSA) is 51.6 Å². The lowest BCUT2D eigenvalue weighted by Gasteiger charge is -2.01. The van der Waals surface area contributed by atoms with E-state index in [0.29, 0.717) is 0 Å². The maximum Gasteiger partial charge on any atom is 0.187 e. The number of hydrogen-bond donors (Lipinski definition) is 0. The quantitative estimate of drug-likeness (QED) is 0.569. The van der Waals surface area contributed by atoms with E-state index in [0.717, 1.165) is 22.1 Å². The second kappa shape index (κ2) is 4.35. The number of aromatic nitrogens is 4. The second-order valence-corrected chi connectivity index (χ2v) is 3.79. The average Bonchev–Trinajstić information content (AvgIpc) is 2.29. The van der Waals surface area contributed by atoms with Crippen molar-refractivity contribution in [1.82, 2.24) is 20.2 Å². The van der Waals surface area contributed by atoms with Crippen LogP contribution in [0.25, 0.3) is 11.3 Å². The summed E-state index contributed by atoms with van der Waals surface area (Å²) in [5.41, 5.74) is 2.74. The second-order valence-electron chi connectivity index (χ2n) is 3.01. The Bertz CT molecular complexity index is 472. The van der Waals surface area contributed by atoms with E-state index in [4.69, 9.17) is 0 Å². The monoisotopic (exact) mass is 218 g/mol. The van der Waals surface area contributed by atoms with E-state index < -0.39 is 0 Å². The first-order chi connectivity index (χ1) is 7.29. The van der Waals surface area contributed by atoms with Crippen molar-refractivity contribution in [3.05, 3.63) is 30.2 Å². The summed E-state index contributed by atoms with van der Waals surface area (Å²) in [7, 11) is 0. The van der Waals surface area contributed by atoms with Crippen LogP contribution in [-0.4, -0.2) is 26.4 Å². The van der Waals surface area contributed by atoms with Crippen molar-refractivity contribution in [3.8, 4) is 11.3 Å². The fourth-order valence-corrected chi connectivity index (χ4v) is 1.57. The molecule has 76 valence electrons. The van der Waals surface area contributed by atoms with Crippen LogP contribution < -0.4 is 0 Å². The largest absolute Gasteiger partial charge is 0.231 e. The number of aryl methyl sites for hydroxylation is 1. The van der Waals surface area contributed by atoms with Gasteiger partial charge in [-0.25, -0.2) is 9.97 Å². The summed E-state index contributed by atoms with van der Waals surface area (Å²) in [5.74, 6) is 0. The molecule has 2 rings (SSSR count). The van der Waals surface area contributed by atoms with Crippen molar-refractivity contribution in [2.75, 3.05) is 6.26 Å². The van der Waals surface area contributed by atoms with Gasteiger partial charge in [-0.2, -0.15) is 10.2 Å². The highest BCUT2D eigenvalue weighted by molar-refractivity contribution is 7.98. The lowest BCUT2D eigenvalue weighted by molar-refractivity contribution is 0.956. The summed E-state index contributed by atoms with van der Waals surface area (Å²) < 4.78 is 0. The van der Waals surface area contributed by atoms with Crippen LogP contribution in [0.1, 0.15) is 5.69 Å². The normalized spacial score (nSPS) is 10.3. The Kier molecular flexibility index (Phi) is 2.91. The van der Waals surface area contributed by atoms with Crippen LogP contribution in [-0.2, 0) is 0 Å². The van der Waals surface area contributed by atoms with E-state index in [1.807, 2.05) is 25.3 Å². The summed E-state index contributed by atoms with van der Waals surface area (Å²) in [6.45, 7) is 1.91. The van der Waals surface area contributed by atoms with Crippen LogP contribution >= 0.6 is 11.8 Å². The first-order valence-electron chi connectivity index (χ1n) is 4.46. The molecule has 2 aromatic rings. The lowest BCUT2D eigenvalue weighted by Crippen LogP contribution is -1.92. The van der Waals surface area contributed by atoms with Gasteiger partial charge in [-0.3, -0.25) is 0 Å². The van der Waals surface area contributed by atoms with Crippen LogP contribution in [0.4, 0.5) is 0 Å². The summed E-state index contributed by atoms with van der Waals surface area (Å²) in [6.07, 6.45) is 5.42. The zero-order chi connectivity index (χ0) is 10.7. The predicted molar refractivity (Wildman–Crippen MR) is 59.6 cm³/mol. The SMILES string of the molecule is CSc1nccc(-c2cnnc(C)c2)n1. The number of nitrogens with zero attached hydrogens (tertiary/aromatic N) is 4. The van der Waals surface area contributed by atoms with Crippen molar-refractivity contribution in [3.63, 3.8) is 0 Å². The van der Waals surface area contributed by atoms with Gasteiger partial charge in [0.15, 0.2) is 5.16 Å². The Hall–Kier alpha value is -1.49. The smallest absolute Gasteiger partial charge is 0.187 e. The van der Waals surface area contributed by atoms with E-state index in [2.05, 4.69) is 20.2 Å². The molecule has 0 atom stereocenters. The third kappa shape index (κ3) is 2.30. The van der Waals surface area contributed by atoms with E-state index in [-0.39, 0.29) is 0 Å². The summed E-state index contributed by atoms with van der Waals surface area (Å²) in [4.78, 5) is 8.51. The fourth-order valence-electron chi connectivity index (χ4n) is 1.21. The summed E-state index contributed by atoms with van der Waals surface area (Å²) >= 11 is 1.52. The van der Waals surface area contributed by atoms with Gasteiger partial charge in [0, 0.05) is 11.8 Å². The highest BCUT2D eigenvalue weighted by Crippen LogP contribution is 2.17. The predicted octanol–water partition coefficient (Wildman–Crippen LogP) is 1.96. The summed E-state index contributed by atoms with van der Waals surface area (Å²) in [5, 5.41) is 8.57. The zero-order valence-corrected chi connectivity index (χ0v) is 9.32. The molecule has 0 fully saturated rings. The minimum atomic E-state index is 0.766. The molecular weight excluding hydrogens is 208 g/mol. The van der Waals surface area contributed by atoms with E-state index in [1.54, 1.807) is 12.4 Å². The van der Waals surface area contributed by atoms with Crippen LogP contribution in [0.5, 0.6) is 0 Å². The molecule has 5 heteroatoms. The van der Waals surface area contributed by atoms with E-state index in [9.17, 15) is 0 Å². The molecule has 0 bridgehead atoms. The molecule has 2 aromatic heterocycles. The molecule has 0 saturated carbocycles. The van der Waals surface area contributed by atoms with Gasteiger partial charge in [0.2, 0.25) is 0 Å². The molecule has 0 spiro atoms. The van der Waals surface area contributed by atoms with Crippen LogP contribution in [0, 0.1) is 6.92 Å². The molecule has 4 nitrogen and oxygen atoms in total. The van der Waals surface area contributed by atoms with Crippen LogP contribution in [0.3, 0.4) is 0 Å². The highest BCUT2D eigenvalue weighted by Gasteiger charge is 2.02. The molecular formula is C10H10N4S. The Morgan fingerprint density at radius 1 is 1.33 bits per heavy atom. The van der Waals surface area contributed by atoms with Gasteiger partial charge in [-0.15, -0.1) is 0 Å². The van der Waals surface area contributed by atoms with Crippen molar-refractivity contribution < 1.29 is 0 Å². The molecule has 0 saturated heterocycles. The Labute approximate surface area is 92.2 Å². The van der Waals surface area contributed by atoms with Crippen molar-refractivity contribution in [2.24, 2.45) is 0 Å². The van der Waals surface area contributed by atoms with Gasteiger partial charge in [0.05, 0.1) is 17.6 Å². The summed E-state index contributed by atoms with van der Waals surface area (Å²) in [6, 6.07) is 3.83. The van der Waals surface area contributed by atoms with Gasteiger partial charge in [0.25, 0.3) is 0 Å². The molecule has 0 amide bonds. The molecule has 0 N–H and O–H groups in total. The first-order valence-corrected chi connectivity index (χ1v) is 5.69. The lowest BCUT2D eigenvalue weighted by atomic mass is 10.2. The van der Waals surface area contributed by atoms with E-state index >= 15 is 0 Å². The van der Waals surface area contributed by atoms with Crippen LogP contribution in [0.2, 0.25) is 0 Å². The van der Waals surface area contributed by atoms with Crippen molar-refractivity contribution >= 4 is 11.8 Å². The molecule has 15 heavy (non-hydrogen) atoms. The Morgan fingerprint density at radius 3 is 2.93 bits per heavy atom. The Morgan fingerprint density at radius 2 is 2.20 bits per heavy atom. The highest BCUT2D eigenvalue weighted by atomic mass is 32.2. The average molecular weight is 218 g/mol. The van der Waals surface area contributed by atoms with Gasteiger partial charge in [0.1, 0.15) is 0 Å². The number of hydrogen-bond acceptors (Lipinski definition) is 5. The number of thioether (sulfide) groups is 1. The van der Waals surface area contributed by atoms with E-state index in [1.165, 1.54) is 11.8 Å². The minimum absolute atomic E-state index is 0.766. The van der Waals surface area contributed by atoms with Crippen LogP contribution in [0.15, 0.2) is 29.7 Å². The van der Waals surface area contributed by atoms with Crippen molar-refractivity contribution in [2.45, 2.75) is 12.1 Å². The molecule has 0 aliphatic heterocycles. The molecule has 2 heterocycles. The molecule has 0 unspecified atom stereocenters. The molecule has 0 aliphatic carbocycles. The Balaban J connectivity index is 2.44. The molecule has 0 radical (unpaired) electrons.